The summed E-state index contributed by atoms with van der Waals surface area (Å²) in [5.41, 5.74) is -0.442. The summed E-state index contributed by atoms with van der Waals surface area (Å²) >= 11 is 17.5. The molecule has 0 radical (unpaired) electrons. The van der Waals surface area contributed by atoms with Crippen LogP contribution in [-0.4, -0.2) is 18.5 Å². The number of halogens is 5. The zero-order chi connectivity index (χ0) is 17.9. The predicted octanol–water partition coefficient (Wildman–Crippen LogP) is 4.72. The fraction of sp³-hybridized carbons (Fsp3) is 0.0667. The van der Waals surface area contributed by atoms with Gasteiger partial charge in [0, 0.05) is 6.07 Å². The molecule has 0 saturated carbocycles. The Kier molecular flexibility index (Phi) is 5.99. The lowest BCUT2D eigenvalue weighted by atomic mass is 10.2. The molecule has 24 heavy (non-hydrogen) atoms. The molecule has 1 N–H and O–H groups in total. The van der Waals surface area contributed by atoms with Crippen LogP contribution in [-0.2, 0) is 9.53 Å². The number of carbonyl (C=O) groups is 2. The lowest BCUT2D eigenvalue weighted by molar-refractivity contribution is -0.119. The number of benzene rings is 2. The van der Waals surface area contributed by atoms with E-state index in [-0.39, 0.29) is 26.3 Å². The Morgan fingerprint density at radius 3 is 2.38 bits per heavy atom. The molecular formula is C15H8Cl3F2NO3. The molecule has 0 atom stereocenters. The summed E-state index contributed by atoms with van der Waals surface area (Å²) in [5.74, 6) is -3.55. The van der Waals surface area contributed by atoms with E-state index in [4.69, 9.17) is 39.5 Å². The Hall–Kier alpha value is -1.89. The standard InChI is InChI=1S/C15H8Cl3F2NO3/c16-8-2-3-9(17)14(18)13(8)15(23)24-6-12(22)21-11-4-1-7(19)5-10(11)20/h1-5H,6H2,(H,21,22). The number of esters is 1. The second kappa shape index (κ2) is 7.79. The Morgan fingerprint density at radius 1 is 1.04 bits per heavy atom. The summed E-state index contributed by atoms with van der Waals surface area (Å²) in [6.45, 7) is -0.727. The molecule has 0 heterocycles. The van der Waals surface area contributed by atoms with Crippen LogP contribution in [0.1, 0.15) is 10.4 Å². The Bertz CT molecular complexity index is 815. The molecule has 0 spiro atoms. The second-order valence-corrected chi connectivity index (χ2v) is 5.66. The molecular weight excluding hydrogens is 387 g/mol. The molecule has 0 aliphatic heterocycles. The maximum Gasteiger partial charge on any atom is 0.341 e. The van der Waals surface area contributed by atoms with E-state index in [0.29, 0.717) is 6.07 Å². The van der Waals surface area contributed by atoms with Crippen molar-refractivity contribution in [2.75, 3.05) is 11.9 Å². The smallest absolute Gasteiger partial charge is 0.341 e. The molecule has 0 aliphatic rings. The van der Waals surface area contributed by atoms with Gasteiger partial charge >= 0.3 is 5.97 Å². The first-order valence-electron chi connectivity index (χ1n) is 6.35. The quantitative estimate of drug-likeness (QED) is 0.603. The van der Waals surface area contributed by atoms with E-state index < -0.39 is 30.1 Å². The zero-order valence-corrected chi connectivity index (χ0v) is 14.0. The molecule has 0 aromatic heterocycles. The van der Waals surface area contributed by atoms with Gasteiger partial charge in [0.05, 0.1) is 26.3 Å². The lowest BCUT2D eigenvalue weighted by Gasteiger charge is -2.10. The van der Waals surface area contributed by atoms with Crippen LogP contribution >= 0.6 is 34.8 Å². The van der Waals surface area contributed by atoms with Crippen molar-refractivity contribution in [3.05, 3.63) is 62.6 Å². The monoisotopic (exact) mass is 393 g/mol. The van der Waals surface area contributed by atoms with Crippen LogP contribution in [0.15, 0.2) is 30.3 Å². The number of amides is 1. The molecule has 0 bridgehead atoms. The van der Waals surface area contributed by atoms with Gasteiger partial charge in [0.2, 0.25) is 0 Å². The summed E-state index contributed by atoms with van der Waals surface area (Å²) in [5, 5.41) is 2.11. The summed E-state index contributed by atoms with van der Waals surface area (Å²) in [7, 11) is 0. The van der Waals surface area contributed by atoms with Gasteiger partial charge in [-0.2, -0.15) is 0 Å². The maximum atomic E-state index is 13.4. The van der Waals surface area contributed by atoms with Crippen molar-refractivity contribution in [2.45, 2.75) is 0 Å². The summed E-state index contributed by atoms with van der Waals surface area (Å²) in [6, 6.07) is 5.35. The van der Waals surface area contributed by atoms with Crippen molar-refractivity contribution in [1.82, 2.24) is 0 Å². The van der Waals surface area contributed by atoms with Crippen LogP contribution in [0.3, 0.4) is 0 Å². The third kappa shape index (κ3) is 4.35. The first-order chi connectivity index (χ1) is 11.3. The minimum Gasteiger partial charge on any atom is -0.452 e. The van der Waals surface area contributed by atoms with E-state index in [0.717, 1.165) is 12.1 Å². The molecule has 2 aromatic rings. The Labute approximate surface area is 150 Å². The molecule has 0 unspecified atom stereocenters. The SMILES string of the molecule is O=C(COC(=O)c1c(Cl)ccc(Cl)c1Cl)Nc1ccc(F)cc1F. The van der Waals surface area contributed by atoms with Crippen molar-refractivity contribution in [1.29, 1.82) is 0 Å². The first-order valence-corrected chi connectivity index (χ1v) is 7.48. The van der Waals surface area contributed by atoms with Gasteiger partial charge in [0.25, 0.3) is 5.91 Å². The van der Waals surface area contributed by atoms with Crippen LogP contribution in [0.25, 0.3) is 0 Å². The van der Waals surface area contributed by atoms with Crippen LogP contribution < -0.4 is 5.32 Å². The molecule has 4 nitrogen and oxygen atoms in total. The van der Waals surface area contributed by atoms with Crippen LogP contribution in [0.2, 0.25) is 15.1 Å². The average molecular weight is 395 g/mol. The van der Waals surface area contributed by atoms with Crippen molar-refractivity contribution in [3.8, 4) is 0 Å². The summed E-state index contributed by atoms with van der Waals surface area (Å²) in [6.07, 6.45) is 0. The number of ether oxygens (including phenoxy) is 1. The van der Waals surface area contributed by atoms with E-state index in [1.54, 1.807) is 0 Å². The molecule has 0 fully saturated rings. The van der Waals surface area contributed by atoms with Gasteiger partial charge in [-0.05, 0) is 24.3 Å². The normalized spacial score (nSPS) is 10.4. The Morgan fingerprint density at radius 2 is 1.71 bits per heavy atom. The maximum absolute atomic E-state index is 13.4. The third-order valence-electron chi connectivity index (χ3n) is 2.79. The van der Waals surface area contributed by atoms with Crippen molar-refractivity contribution < 1.29 is 23.1 Å². The fourth-order valence-corrected chi connectivity index (χ4v) is 2.38. The molecule has 2 rings (SSSR count). The van der Waals surface area contributed by atoms with Gasteiger partial charge in [-0.3, -0.25) is 4.79 Å². The molecule has 126 valence electrons. The van der Waals surface area contributed by atoms with E-state index in [2.05, 4.69) is 5.32 Å². The molecule has 9 heteroatoms. The highest BCUT2D eigenvalue weighted by atomic mass is 35.5. The van der Waals surface area contributed by atoms with Crippen LogP contribution in [0.4, 0.5) is 14.5 Å². The van der Waals surface area contributed by atoms with Crippen molar-refractivity contribution in [3.63, 3.8) is 0 Å². The van der Waals surface area contributed by atoms with Gasteiger partial charge in [-0.15, -0.1) is 0 Å². The highest BCUT2D eigenvalue weighted by Gasteiger charge is 2.20. The number of nitrogens with one attached hydrogen (secondary N) is 1. The number of carbonyl (C=O) groups excluding carboxylic acids is 2. The fourth-order valence-electron chi connectivity index (χ4n) is 1.69. The van der Waals surface area contributed by atoms with E-state index in [1.165, 1.54) is 12.1 Å². The summed E-state index contributed by atoms with van der Waals surface area (Å²) < 4.78 is 31.0. The minimum absolute atomic E-state index is 0.000567. The van der Waals surface area contributed by atoms with Gasteiger partial charge in [-0.25, -0.2) is 13.6 Å². The minimum atomic E-state index is -0.970. The van der Waals surface area contributed by atoms with Crippen LogP contribution in [0.5, 0.6) is 0 Å². The number of hydrogen-bond donors (Lipinski definition) is 1. The molecule has 2 aromatic carbocycles. The van der Waals surface area contributed by atoms with E-state index in [1.807, 2.05) is 0 Å². The first kappa shape index (κ1) is 18.4. The van der Waals surface area contributed by atoms with E-state index in [9.17, 15) is 18.4 Å². The third-order valence-corrected chi connectivity index (χ3v) is 3.91. The van der Waals surface area contributed by atoms with Gasteiger partial charge in [0.1, 0.15) is 11.6 Å². The molecule has 0 aliphatic carbocycles. The molecule has 0 saturated heterocycles. The van der Waals surface area contributed by atoms with E-state index >= 15 is 0 Å². The topological polar surface area (TPSA) is 55.4 Å². The van der Waals surface area contributed by atoms with Crippen molar-refractivity contribution in [2.24, 2.45) is 0 Å². The Balaban J connectivity index is 2.02. The van der Waals surface area contributed by atoms with Gasteiger partial charge < -0.3 is 10.1 Å². The predicted molar refractivity (Wildman–Crippen MR) is 86.7 cm³/mol. The highest BCUT2D eigenvalue weighted by molar-refractivity contribution is 6.46. The van der Waals surface area contributed by atoms with Crippen molar-refractivity contribution >= 4 is 52.4 Å². The van der Waals surface area contributed by atoms with Crippen LogP contribution in [0, 0.1) is 11.6 Å². The largest absolute Gasteiger partial charge is 0.452 e. The second-order valence-electron chi connectivity index (χ2n) is 4.47. The number of rotatable bonds is 4. The summed E-state index contributed by atoms with van der Waals surface area (Å²) in [4.78, 5) is 23.6. The number of hydrogen-bond acceptors (Lipinski definition) is 3. The molecule has 1 amide bonds. The average Bonchev–Trinajstić information content (AvgIpc) is 2.52. The zero-order valence-electron chi connectivity index (χ0n) is 11.7. The number of anilines is 1. The lowest BCUT2D eigenvalue weighted by Crippen LogP contribution is -2.21. The highest BCUT2D eigenvalue weighted by Crippen LogP contribution is 2.31. The van der Waals surface area contributed by atoms with Gasteiger partial charge in [-0.1, -0.05) is 34.8 Å². The van der Waals surface area contributed by atoms with Gasteiger partial charge in [0.15, 0.2) is 6.61 Å².